The van der Waals surface area contributed by atoms with Gasteiger partial charge in [-0.05, 0) is 11.3 Å². The molecule has 17 heavy (non-hydrogen) atoms. The molecule has 1 aromatic heterocycles. The van der Waals surface area contributed by atoms with Crippen LogP contribution >= 0.6 is 0 Å². The van der Waals surface area contributed by atoms with E-state index in [0.29, 0.717) is 0 Å². The van der Waals surface area contributed by atoms with Crippen molar-refractivity contribution in [1.82, 2.24) is 4.98 Å². The largest absolute Gasteiger partial charge is 0.383 e. The summed E-state index contributed by atoms with van der Waals surface area (Å²) in [4.78, 5) is 4.19. The average Bonchev–Trinajstić information content (AvgIpc) is 2.37. The Morgan fingerprint density at radius 3 is 2.65 bits per heavy atom. The van der Waals surface area contributed by atoms with Gasteiger partial charge in [-0.1, -0.05) is 38.1 Å². The standard InChI is InChI=1S/C14H18N2O/c1-10(2)14(17,9-15)13-8-16-7-11-5-3-4-6-12(11)13/h3-8,10,17H,9,15H2,1-2H3. The number of rotatable bonds is 3. The molecule has 0 radical (unpaired) electrons. The van der Waals surface area contributed by atoms with Crippen LogP contribution in [0.25, 0.3) is 10.8 Å². The fraction of sp³-hybridized carbons (Fsp3) is 0.357. The van der Waals surface area contributed by atoms with Crippen LogP contribution in [-0.2, 0) is 5.60 Å². The van der Waals surface area contributed by atoms with E-state index in [-0.39, 0.29) is 12.5 Å². The van der Waals surface area contributed by atoms with E-state index in [0.717, 1.165) is 16.3 Å². The van der Waals surface area contributed by atoms with Gasteiger partial charge in [0.25, 0.3) is 0 Å². The molecular weight excluding hydrogens is 212 g/mol. The van der Waals surface area contributed by atoms with Gasteiger partial charge < -0.3 is 10.8 Å². The predicted octanol–water partition coefficient (Wildman–Crippen LogP) is 2.04. The fourth-order valence-corrected chi connectivity index (χ4v) is 2.12. The molecule has 0 aliphatic heterocycles. The van der Waals surface area contributed by atoms with Crippen molar-refractivity contribution in [3.63, 3.8) is 0 Å². The van der Waals surface area contributed by atoms with E-state index < -0.39 is 5.60 Å². The number of hydrogen-bond acceptors (Lipinski definition) is 3. The number of nitrogens with two attached hydrogens (primary N) is 1. The summed E-state index contributed by atoms with van der Waals surface area (Å²) >= 11 is 0. The second-order valence-electron chi connectivity index (χ2n) is 4.69. The molecule has 2 rings (SSSR count). The summed E-state index contributed by atoms with van der Waals surface area (Å²) in [6.07, 6.45) is 3.52. The van der Waals surface area contributed by atoms with E-state index in [1.807, 2.05) is 38.1 Å². The average molecular weight is 230 g/mol. The molecule has 3 N–H and O–H groups in total. The molecule has 3 nitrogen and oxygen atoms in total. The predicted molar refractivity (Wildman–Crippen MR) is 69.5 cm³/mol. The van der Waals surface area contributed by atoms with E-state index >= 15 is 0 Å². The van der Waals surface area contributed by atoms with Crippen LogP contribution in [0, 0.1) is 5.92 Å². The zero-order valence-electron chi connectivity index (χ0n) is 10.2. The number of nitrogens with zero attached hydrogens (tertiary/aromatic N) is 1. The minimum Gasteiger partial charge on any atom is -0.383 e. The maximum absolute atomic E-state index is 10.7. The van der Waals surface area contributed by atoms with Gasteiger partial charge in [0.05, 0.1) is 0 Å². The molecule has 1 atom stereocenters. The molecule has 0 spiro atoms. The molecule has 0 aliphatic rings. The third-order valence-corrected chi connectivity index (χ3v) is 3.40. The third kappa shape index (κ3) is 1.92. The van der Waals surface area contributed by atoms with Gasteiger partial charge in [0, 0.05) is 29.9 Å². The van der Waals surface area contributed by atoms with Gasteiger partial charge in [-0.25, -0.2) is 0 Å². The molecule has 0 amide bonds. The minimum absolute atomic E-state index is 0.0418. The van der Waals surface area contributed by atoms with E-state index in [4.69, 9.17) is 5.73 Å². The summed E-state index contributed by atoms with van der Waals surface area (Å²) < 4.78 is 0. The summed E-state index contributed by atoms with van der Waals surface area (Å²) in [6.45, 7) is 4.13. The van der Waals surface area contributed by atoms with Gasteiger partial charge in [-0.15, -0.1) is 0 Å². The van der Waals surface area contributed by atoms with Gasteiger partial charge in [-0.2, -0.15) is 0 Å². The highest BCUT2D eigenvalue weighted by Crippen LogP contribution is 2.32. The summed E-state index contributed by atoms with van der Waals surface area (Å²) in [5.74, 6) is 0.0418. The molecule has 0 saturated carbocycles. The molecule has 0 bridgehead atoms. The first-order valence-electron chi connectivity index (χ1n) is 5.85. The highest BCUT2D eigenvalue weighted by molar-refractivity contribution is 5.85. The number of aromatic nitrogens is 1. The Balaban J connectivity index is 2.70. The monoisotopic (exact) mass is 230 g/mol. The molecule has 0 aliphatic carbocycles. The van der Waals surface area contributed by atoms with Crippen LogP contribution in [0.1, 0.15) is 19.4 Å². The highest BCUT2D eigenvalue weighted by atomic mass is 16.3. The van der Waals surface area contributed by atoms with Crippen molar-refractivity contribution in [1.29, 1.82) is 0 Å². The van der Waals surface area contributed by atoms with Crippen LogP contribution < -0.4 is 5.73 Å². The highest BCUT2D eigenvalue weighted by Gasteiger charge is 2.33. The Morgan fingerprint density at radius 2 is 2.00 bits per heavy atom. The fourth-order valence-electron chi connectivity index (χ4n) is 2.12. The number of fused-ring (bicyclic) bond motifs is 1. The Bertz CT molecular complexity index is 519. The summed E-state index contributed by atoms with van der Waals surface area (Å²) in [6, 6.07) is 7.91. The van der Waals surface area contributed by atoms with Crippen molar-refractivity contribution in [3.05, 3.63) is 42.2 Å². The molecule has 0 saturated heterocycles. The lowest BCUT2D eigenvalue weighted by Crippen LogP contribution is -2.40. The van der Waals surface area contributed by atoms with Crippen molar-refractivity contribution in [2.75, 3.05) is 6.54 Å². The molecule has 1 heterocycles. The van der Waals surface area contributed by atoms with Crippen molar-refractivity contribution in [2.45, 2.75) is 19.4 Å². The van der Waals surface area contributed by atoms with Crippen LogP contribution in [-0.4, -0.2) is 16.6 Å². The lowest BCUT2D eigenvalue weighted by molar-refractivity contribution is -0.00000535. The zero-order valence-corrected chi connectivity index (χ0v) is 10.2. The first-order chi connectivity index (χ1) is 8.09. The molecule has 90 valence electrons. The molecule has 1 unspecified atom stereocenters. The van der Waals surface area contributed by atoms with Gasteiger partial charge in [-0.3, -0.25) is 4.98 Å². The molecule has 1 aromatic carbocycles. The van der Waals surface area contributed by atoms with Gasteiger partial charge in [0.1, 0.15) is 5.60 Å². The Morgan fingerprint density at radius 1 is 1.29 bits per heavy atom. The summed E-state index contributed by atoms with van der Waals surface area (Å²) in [5.41, 5.74) is 5.55. The SMILES string of the molecule is CC(C)C(O)(CN)c1cncc2ccccc12. The smallest absolute Gasteiger partial charge is 0.106 e. The topological polar surface area (TPSA) is 59.1 Å². The Labute approximate surface area is 101 Å². The lowest BCUT2D eigenvalue weighted by atomic mass is 9.82. The summed E-state index contributed by atoms with van der Waals surface area (Å²) in [7, 11) is 0. The molecule has 3 heteroatoms. The van der Waals surface area contributed by atoms with Gasteiger partial charge in [0.2, 0.25) is 0 Å². The van der Waals surface area contributed by atoms with E-state index in [2.05, 4.69) is 4.98 Å². The van der Waals surface area contributed by atoms with Gasteiger partial charge in [0.15, 0.2) is 0 Å². The molecule has 0 fully saturated rings. The first kappa shape index (κ1) is 12.0. The van der Waals surface area contributed by atoms with Crippen LogP contribution in [0.2, 0.25) is 0 Å². The molecule has 2 aromatic rings. The van der Waals surface area contributed by atoms with E-state index in [1.165, 1.54) is 0 Å². The second-order valence-corrected chi connectivity index (χ2v) is 4.69. The summed E-state index contributed by atoms with van der Waals surface area (Å²) in [5, 5.41) is 12.7. The Kier molecular flexibility index (Phi) is 3.13. The maximum atomic E-state index is 10.7. The number of benzene rings is 1. The lowest BCUT2D eigenvalue weighted by Gasteiger charge is -2.32. The normalized spacial score (nSPS) is 15.1. The van der Waals surface area contributed by atoms with Crippen molar-refractivity contribution in [2.24, 2.45) is 11.7 Å². The van der Waals surface area contributed by atoms with Crippen molar-refractivity contribution >= 4 is 10.8 Å². The van der Waals surface area contributed by atoms with Crippen molar-refractivity contribution < 1.29 is 5.11 Å². The van der Waals surface area contributed by atoms with Gasteiger partial charge >= 0.3 is 0 Å². The second kappa shape index (κ2) is 4.43. The number of pyridine rings is 1. The van der Waals surface area contributed by atoms with Crippen molar-refractivity contribution in [3.8, 4) is 0 Å². The molecular formula is C14H18N2O. The van der Waals surface area contributed by atoms with Crippen LogP contribution in [0.4, 0.5) is 0 Å². The maximum Gasteiger partial charge on any atom is 0.106 e. The minimum atomic E-state index is -1.02. The van der Waals surface area contributed by atoms with Crippen LogP contribution in [0.5, 0.6) is 0 Å². The number of hydrogen-bond donors (Lipinski definition) is 2. The third-order valence-electron chi connectivity index (χ3n) is 3.40. The number of aliphatic hydroxyl groups is 1. The quantitative estimate of drug-likeness (QED) is 0.848. The van der Waals surface area contributed by atoms with Crippen LogP contribution in [0.15, 0.2) is 36.7 Å². The van der Waals surface area contributed by atoms with E-state index in [9.17, 15) is 5.11 Å². The Hall–Kier alpha value is -1.45. The van der Waals surface area contributed by atoms with E-state index in [1.54, 1.807) is 12.4 Å². The first-order valence-corrected chi connectivity index (χ1v) is 5.85. The van der Waals surface area contributed by atoms with Crippen LogP contribution in [0.3, 0.4) is 0 Å². The zero-order chi connectivity index (χ0) is 12.5.